The van der Waals surface area contributed by atoms with Crippen LogP contribution in [0.1, 0.15) is 71.2 Å². The normalized spacial score (nSPS) is 18.7. The quantitative estimate of drug-likeness (QED) is 0.0684. The maximum absolute atomic E-state index is 17.2. The number of nitrogens with one attached hydrogen (secondary N) is 2. The summed E-state index contributed by atoms with van der Waals surface area (Å²) in [4.78, 5) is 76.3. The van der Waals surface area contributed by atoms with Gasteiger partial charge in [-0.25, -0.2) is 9.37 Å². The Morgan fingerprint density at radius 2 is 1.68 bits per heavy atom. The SMILES string of the molecule is C=CC(=O)N1CCN(c2nc(O[C@H](C)CN3CCC(OCC(=O)N[C@H](C(=O)N4C[C@H](O)C[C@H]4C(=O)N[C@@H](C)c4ccc(-c5scnc5C)cc4)C(C)(C)C)CC3)nc3c(F)c(-c4cc(O)cc5ccccc45)c(Cl)cc23)CC1. The first-order valence-corrected chi connectivity index (χ1v) is 27.7. The number of nitrogens with zero attached hydrogens (tertiary/aromatic N) is 7. The number of aromatic nitrogens is 3. The number of hydrogen-bond acceptors (Lipinski definition) is 14. The highest BCUT2D eigenvalue weighted by Crippen LogP contribution is 2.43. The Kier molecular flexibility index (Phi) is 17.0. The van der Waals surface area contributed by atoms with Crippen LogP contribution in [0.3, 0.4) is 0 Å². The number of carbonyl (C=O) groups is 4. The number of phenolic OH excluding ortho intramolecular Hbond substituents is 1. The van der Waals surface area contributed by atoms with Crippen LogP contribution in [0, 0.1) is 18.2 Å². The summed E-state index contributed by atoms with van der Waals surface area (Å²) in [6.07, 6.45) is 1.01. The number of anilines is 1. The van der Waals surface area contributed by atoms with Crippen LogP contribution in [-0.2, 0) is 23.9 Å². The number of aromatic hydroxyl groups is 1. The average molecular weight is 1100 g/mol. The van der Waals surface area contributed by atoms with Gasteiger partial charge >= 0.3 is 6.01 Å². The molecule has 78 heavy (non-hydrogen) atoms. The summed E-state index contributed by atoms with van der Waals surface area (Å²) in [6.45, 7) is 17.9. The van der Waals surface area contributed by atoms with E-state index in [1.54, 1.807) is 28.4 Å². The van der Waals surface area contributed by atoms with Crippen molar-refractivity contribution < 1.29 is 43.3 Å². The lowest BCUT2D eigenvalue weighted by atomic mass is 9.85. The van der Waals surface area contributed by atoms with Crippen LogP contribution in [0.5, 0.6) is 11.8 Å². The lowest BCUT2D eigenvalue weighted by molar-refractivity contribution is -0.145. The van der Waals surface area contributed by atoms with E-state index in [2.05, 4.69) is 32.1 Å². The first kappa shape index (κ1) is 56.0. The number of fused-ring (bicyclic) bond motifs is 2. The topological polar surface area (TPSA) is 203 Å². The van der Waals surface area contributed by atoms with Crippen molar-refractivity contribution >= 4 is 74.1 Å². The highest BCUT2D eigenvalue weighted by atomic mass is 35.5. The lowest BCUT2D eigenvalue weighted by Crippen LogP contribution is -2.58. The van der Waals surface area contributed by atoms with Gasteiger partial charge < -0.3 is 45.0 Å². The van der Waals surface area contributed by atoms with E-state index in [0.717, 1.165) is 21.7 Å². The van der Waals surface area contributed by atoms with Crippen molar-refractivity contribution in [3.8, 4) is 33.3 Å². The second kappa shape index (κ2) is 23.7. The predicted molar refractivity (Wildman–Crippen MR) is 300 cm³/mol. The Bertz CT molecular complexity index is 3210. The van der Waals surface area contributed by atoms with Gasteiger partial charge in [-0.05, 0) is 90.8 Å². The van der Waals surface area contributed by atoms with Gasteiger partial charge in [-0.1, -0.05) is 87.5 Å². The maximum atomic E-state index is 17.2. The van der Waals surface area contributed by atoms with Gasteiger partial charge in [0.05, 0.1) is 39.4 Å². The van der Waals surface area contributed by atoms with Gasteiger partial charge in [0.25, 0.3) is 0 Å². The molecule has 0 saturated carbocycles. The Balaban J connectivity index is 0.810. The molecule has 0 aliphatic carbocycles. The number of piperazine rings is 1. The van der Waals surface area contributed by atoms with Crippen LogP contribution in [0.25, 0.3) is 43.2 Å². The minimum atomic E-state index is -1.01. The number of benzene rings is 4. The number of amides is 4. The molecule has 0 unspecified atom stereocenters. The first-order chi connectivity index (χ1) is 37.3. The molecular weight excluding hydrogens is 1040 g/mol. The molecule has 412 valence electrons. The van der Waals surface area contributed by atoms with Gasteiger partial charge in [0, 0.05) is 69.7 Å². The third-order valence-corrected chi connectivity index (χ3v) is 16.2. The van der Waals surface area contributed by atoms with E-state index in [1.807, 2.05) is 100 Å². The van der Waals surface area contributed by atoms with Crippen molar-refractivity contribution in [1.29, 1.82) is 0 Å². The van der Waals surface area contributed by atoms with Gasteiger partial charge in [0.2, 0.25) is 23.6 Å². The van der Waals surface area contributed by atoms with Crippen LogP contribution < -0.4 is 20.3 Å². The van der Waals surface area contributed by atoms with E-state index < -0.39 is 47.3 Å². The van der Waals surface area contributed by atoms with Crippen molar-refractivity contribution in [1.82, 2.24) is 40.3 Å². The molecule has 4 N–H and O–H groups in total. The van der Waals surface area contributed by atoms with Crippen LogP contribution in [0.2, 0.25) is 5.02 Å². The fourth-order valence-corrected chi connectivity index (χ4v) is 11.8. The Labute approximate surface area is 462 Å². The number of phenols is 1. The molecule has 3 aliphatic heterocycles. The molecular formula is C58H67ClFN9O8S. The predicted octanol–water partition coefficient (Wildman–Crippen LogP) is 7.83. The van der Waals surface area contributed by atoms with E-state index in [0.29, 0.717) is 86.2 Å². The maximum Gasteiger partial charge on any atom is 0.319 e. The number of aryl methyl sites for hydroxylation is 1. The summed E-state index contributed by atoms with van der Waals surface area (Å²) >= 11 is 8.50. The van der Waals surface area contributed by atoms with Gasteiger partial charge in [0.15, 0.2) is 5.82 Å². The summed E-state index contributed by atoms with van der Waals surface area (Å²) in [6, 6.07) is 17.6. The van der Waals surface area contributed by atoms with Crippen LogP contribution in [0.15, 0.2) is 84.9 Å². The molecule has 4 amide bonds. The van der Waals surface area contributed by atoms with Gasteiger partial charge in [-0.15, -0.1) is 11.3 Å². The second-order valence-electron chi connectivity index (χ2n) is 21.6. The monoisotopic (exact) mass is 1100 g/mol. The number of hydrogen-bond donors (Lipinski definition) is 4. The molecule has 5 atom stereocenters. The molecule has 4 aromatic carbocycles. The smallest absolute Gasteiger partial charge is 0.319 e. The number of aliphatic hydroxyl groups is 1. The van der Waals surface area contributed by atoms with E-state index in [1.165, 1.54) is 17.0 Å². The van der Waals surface area contributed by atoms with Crippen molar-refractivity contribution in [2.45, 2.75) is 97.2 Å². The number of aliphatic hydroxyl groups excluding tert-OH is 1. The van der Waals surface area contributed by atoms with Crippen LogP contribution in [0.4, 0.5) is 10.2 Å². The number of β-amino-alcohol motifs (C(OH)–C–C–N with tert-alkyl or cyclic N) is 1. The van der Waals surface area contributed by atoms with Gasteiger partial charge in [0.1, 0.15) is 41.9 Å². The summed E-state index contributed by atoms with van der Waals surface area (Å²) in [5.74, 6) is -1.82. The highest BCUT2D eigenvalue weighted by Gasteiger charge is 2.45. The Morgan fingerprint density at radius 1 is 0.962 bits per heavy atom. The third-order valence-electron chi connectivity index (χ3n) is 14.9. The molecule has 20 heteroatoms. The molecule has 6 aromatic rings. The number of piperidine rings is 1. The van der Waals surface area contributed by atoms with Crippen LogP contribution >= 0.6 is 22.9 Å². The van der Waals surface area contributed by atoms with E-state index in [-0.39, 0.29) is 71.4 Å². The highest BCUT2D eigenvalue weighted by molar-refractivity contribution is 7.13. The molecule has 5 heterocycles. The zero-order valence-electron chi connectivity index (χ0n) is 44.8. The Morgan fingerprint density at radius 3 is 2.36 bits per heavy atom. The van der Waals surface area contributed by atoms with E-state index >= 15 is 4.39 Å². The molecule has 0 radical (unpaired) electrons. The number of halogens is 2. The molecule has 3 fully saturated rings. The fraction of sp³-hybridized carbons (Fsp3) is 0.431. The van der Waals surface area contributed by atoms with Gasteiger partial charge in [-0.2, -0.15) is 9.97 Å². The third kappa shape index (κ3) is 12.4. The number of rotatable bonds is 16. The van der Waals surface area contributed by atoms with Gasteiger partial charge in [-0.3, -0.25) is 24.1 Å². The van der Waals surface area contributed by atoms with E-state index in [4.69, 9.17) is 26.1 Å². The minimum Gasteiger partial charge on any atom is -0.508 e. The second-order valence-corrected chi connectivity index (χ2v) is 22.9. The zero-order valence-corrected chi connectivity index (χ0v) is 46.4. The summed E-state index contributed by atoms with van der Waals surface area (Å²) in [5.41, 5.74) is 4.42. The molecule has 17 nitrogen and oxygen atoms in total. The molecule has 9 rings (SSSR count). The largest absolute Gasteiger partial charge is 0.508 e. The molecule has 0 spiro atoms. The minimum absolute atomic E-state index is 0.00739. The molecule has 3 aliphatic rings. The molecule has 0 bridgehead atoms. The van der Waals surface area contributed by atoms with Crippen molar-refractivity contribution in [2.75, 3.05) is 63.9 Å². The summed E-state index contributed by atoms with van der Waals surface area (Å²) in [5, 5.41) is 29.3. The van der Waals surface area contributed by atoms with Crippen molar-refractivity contribution in [2.24, 2.45) is 5.41 Å². The molecule has 2 aromatic heterocycles. The number of carbonyl (C=O) groups excluding carboxylic acids is 4. The van der Waals surface area contributed by atoms with E-state index in [9.17, 15) is 29.4 Å². The summed E-state index contributed by atoms with van der Waals surface area (Å²) < 4.78 is 29.7. The Hall–Kier alpha value is -6.77. The number of ether oxygens (including phenoxy) is 2. The lowest BCUT2D eigenvalue weighted by Gasteiger charge is -2.36. The number of likely N-dealkylation sites (tertiary alicyclic amines) is 2. The standard InChI is InChI=1S/C58H67ClFN9O8S/c1-8-48(73)67-21-23-68(24-22-67)54-44-28-45(59)49(43-26-39(70)25-38-11-9-10-12-42(38)43)50(60)51(44)64-57(65-54)77-33(2)29-66-19-17-41(18-20-66)76-31-47(72)63-53(58(5,6)7)56(75)69-30-40(71)27-46(69)55(74)62-34(3)36-13-15-37(16-14-36)52-35(4)61-32-78-52/h8-16,25-26,28,32-34,40-41,46,53,70-71H,1,17-24,27,29-31H2,2-7H3,(H,62,74)(H,63,72)/t33-,34+,40-,46+,53-/m1/s1. The van der Waals surface area contributed by atoms with Crippen molar-refractivity contribution in [3.05, 3.63) is 107 Å². The van der Waals surface area contributed by atoms with Crippen molar-refractivity contribution in [3.63, 3.8) is 0 Å². The zero-order chi connectivity index (χ0) is 55.6. The molecule has 3 saturated heterocycles. The summed E-state index contributed by atoms with van der Waals surface area (Å²) in [7, 11) is 0. The van der Waals surface area contributed by atoms with Crippen LogP contribution in [-0.4, -0.2) is 153 Å². The fourth-order valence-electron chi connectivity index (χ4n) is 10.7. The number of thiazole rings is 1. The first-order valence-electron chi connectivity index (χ1n) is 26.4. The average Bonchev–Trinajstić information content (AvgIpc) is 4.17.